The monoisotopic (exact) mass is 211 g/mol. The van der Waals surface area contributed by atoms with Crippen molar-refractivity contribution in [3.63, 3.8) is 0 Å². The summed E-state index contributed by atoms with van der Waals surface area (Å²) in [6.07, 6.45) is 7.24. The van der Waals surface area contributed by atoms with E-state index >= 15 is 0 Å². The molecule has 1 rings (SSSR count). The second kappa shape index (κ2) is 6.52. The molecule has 0 saturated heterocycles. The first-order valence-electron chi connectivity index (χ1n) is 6.78. The summed E-state index contributed by atoms with van der Waals surface area (Å²) in [5, 5.41) is 3.37. The van der Waals surface area contributed by atoms with E-state index in [0.29, 0.717) is 0 Å². The first-order valence-corrected chi connectivity index (χ1v) is 6.78. The Balaban J connectivity index is 2.39. The van der Waals surface area contributed by atoms with Gasteiger partial charge in [0, 0.05) is 0 Å². The highest BCUT2D eigenvalue weighted by molar-refractivity contribution is 4.79. The van der Waals surface area contributed by atoms with E-state index in [1.807, 2.05) is 0 Å². The molecule has 0 bridgehead atoms. The van der Waals surface area contributed by atoms with Gasteiger partial charge in [-0.15, -0.1) is 0 Å². The highest BCUT2D eigenvalue weighted by Crippen LogP contribution is 2.36. The predicted molar refractivity (Wildman–Crippen MR) is 68.0 cm³/mol. The Labute approximate surface area is 96.0 Å². The number of hydrogen-bond donors (Lipinski definition) is 1. The molecule has 15 heavy (non-hydrogen) atoms. The first kappa shape index (κ1) is 13.0. The fourth-order valence-corrected chi connectivity index (χ4v) is 2.99. The average Bonchev–Trinajstić information content (AvgIpc) is 2.18. The second-order valence-electron chi connectivity index (χ2n) is 5.97. The van der Waals surface area contributed by atoms with E-state index in [4.69, 9.17) is 0 Å². The predicted octanol–water partition coefficient (Wildman–Crippen LogP) is 3.69. The van der Waals surface area contributed by atoms with Gasteiger partial charge >= 0.3 is 0 Å². The maximum atomic E-state index is 3.37. The molecule has 3 atom stereocenters. The number of nitrogens with one attached hydrogen (secondary N) is 1. The van der Waals surface area contributed by atoms with Gasteiger partial charge in [-0.05, 0) is 56.5 Å². The minimum absolute atomic E-state index is 0.873. The van der Waals surface area contributed by atoms with Crippen molar-refractivity contribution in [1.82, 2.24) is 5.32 Å². The largest absolute Gasteiger partial charge is 0.319 e. The zero-order valence-electron chi connectivity index (χ0n) is 11.1. The Hall–Kier alpha value is -0.0400. The van der Waals surface area contributed by atoms with Gasteiger partial charge in [0.15, 0.2) is 0 Å². The van der Waals surface area contributed by atoms with Crippen LogP contribution in [-0.2, 0) is 0 Å². The van der Waals surface area contributed by atoms with Crippen molar-refractivity contribution in [3.8, 4) is 0 Å². The molecule has 1 N–H and O–H groups in total. The summed E-state index contributed by atoms with van der Waals surface area (Å²) in [6, 6.07) is 0. The summed E-state index contributed by atoms with van der Waals surface area (Å²) in [4.78, 5) is 0. The minimum Gasteiger partial charge on any atom is -0.319 e. The quantitative estimate of drug-likeness (QED) is 0.731. The zero-order chi connectivity index (χ0) is 11.3. The molecule has 1 aliphatic rings. The molecule has 0 spiro atoms. The van der Waals surface area contributed by atoms with Gasteiger partial charge in [-0.25, -0.2) is 0 Å². The van der Waals surface area contributed by atoms with Crippen molar-refractivity contribution in [2.45, 2.75) is 52.9 Å². The number of hydrogen-bond acceptors (Lipinski definition) is 1. The summed E-state index contributed by atoms with van der Waals surface area (Å²) < 4.78 is 0. The fourth-order valence-electron chi connectivity index (χ4n) is 2.99. The molecule has 0 amide bonds. The van der Waals surface area contributed by atoms with Crippen LogP contribution in [0.4, 0.5) is 0 Å². The third-order valence-electron chi connectivity index (χ3n) is 3.98. The molecule has 0 aromatic heterocycles. The average molecular weight is 211 g/mol. The smallest absolute Gasteiger partial charge is 0.00209 e. The highest BCUT2D eigenvalue weighted by Gasteiger charge is 2.27. The Morgan fingerprint density at radius 3 is 2.53 bits per heavy atom. The molecule has 1 aliphatic carbocycles. The van der Waals surface area contributed by atoms with Gasteiger partial charge in [-0.2, -0.15) is 0 Å². The van der Waals surface area contributed by atoms with Gasteiger partial charge in [0.2, 0.25) is 0 Å². The van der Waals surface area contributed by atoms with E-state index in [2.05, 4.69) is 33.1 Å². The van der Waals surface area contributed by atoms with Crippen molar-refractivity contribution in [2.75, 3.05) is 13.6 Å². The Morgan fingerprint density at radius 1 is 1.20 bits per heavy atom. The van der Waals surface area contributed by atoms with Gasteiger partial charge in [0.25, 0.3) is 0 Å². The van der Waals surface area contributed by atoms with Gasteiger partial charge in [0.1, 0.15) is 0 Å². The topological polar surface area (TPSA) is 12.0 Å². The van der Waals surface area contributed by atoms with Gasteiger partial charge in [-0.3, -0.25) is 0 Å². The molecular weight excluding hydrogens is 182 g/mol. The molecule has 1 nitrogen and oxygen atoms in total. The molecule has 90 valence electrons. The third kappa shape index (κ3) is 4.55. The summed E-state index contributed by atoms with van der Waals surface area (Å²) in [5.41, 5.74) is 0. The van der Waals surface area contributed by atoms with Crippen LogP contribution >= 0.6 is 0 Å². The third-order valence-corrected chi connectivity index (χ3v) is 3.98. The van der Waals surface area contributed by atoms with Crippen molar-refractivity contribution in [2.24, 2.45) is 23.7 Å². The van der Waals surface area contributed by atoms with Crippen LogP contribution in [0.15, 0.2) is 0 Å². The van der Waals surface area contributed by atoms with Crippen LogP contribution in [-0.4, -0.2) is 13.6 Å². The normalized spacial score (nSPS) is 32.2. The second-order valence-corrected chi connectivity index (χ2v) is 5.97. The van der Waals surface area contributed by atoms with Crippen LogP contribution in [0.2, 0.25) is 0 Å². The van der Waals surface area contributed by atoms with Crippen LogP contribution in [0.3, 0.4) is 0 Å². The van der Waals surface area contributed by atoms with E-state index in [1.165, 1.54) is 38.6 Å². The molecule has 3 unspecified atom stereocenters. The van der Waals surface area contributed by atoms with Crippen LogP contribution in [0.1, 0.15) is 52.9 Å². The molecule has 0 aliphatic heterocycles. The van der Waals surface area contributed by atoms with E-state index < -0.39 is 0 Å². The standard InChI is InChI=1S/C14H29N/c1-11(2)5-7-13-9-12(3)6-8-14(13)10-15-4/h11-15H,5-10H2,1-4H3. The van der Waals surface area contributed by atoms with E-state index in [0.717, 1.165) is 23.7 Å². The molecular formula is C14H29N. The van der Waals surface area contributed by atoms with E-state index in [1.54, 1.807) is 0 Å². The molecule has 1 heteroatoms. The van der Waals surface area contributed by atoms with E-state index in [-0.39, 0.29) is 0 Å². The van der Waals surface area contributed by atoms with Crippen molar-refractivity contribution in [1.29, 1.82) is 0 Å². The van der Waals surface area contributed by atoms with Crippen molar-refractivity contribution >= 4 is 0 Å². The lowest BCUT2D eigenvalue weighted by Crippen LogP contribution is -2.31. The Bertz CT molecular complexity index is 165. The maximum Gasteiger partial charge on any atom is -0.00209 e. The molecule has 0 aromatic carbocycles. The minimum atomic E-state index is 0.873. The fraction of sp³-hybridized carbons (Fsp3) is 1.00. The molecule has 1 fully saturated rings. The van der Waals surface area contributed by atoms with Gasteiger partial charge in [-0.1, -0.05) is 33.6 Å². The SMILES string of the molecule is CNCC1CCC(C)CC1CCC(C)C. The van der Waals surface area contributed by atoms with E-state index in [9.17, 15) is 0 Å². The lowest BCUT2D eigenvalue weighted by atomic mass is 9.72. The van der Waals surface area contributed by atoms with Gasteiger partial charge in [0.05, 0.1) is 0 Å². The Morgan fingerprint density at radius 2 is 1.93 bits per heavy atom. The summed E-state index contributed by atoms with van der Waals surface area (Å²) >= 11 is 0. The summed E-state index contributed by atoms with van der Waals surface area (Å²) in [7, 11) is 2.09. The lowest BCUT2D eigenvalue weighted by molar-refractivity contribution is 0.170. The summed E-state index contributed by atoms with van der Waals surface area (Å²) in [6.45, 7) is 8.35. The van der Waals surface area contributed by atoms with Crippen LogP contribution < -0.4 is 5.32 Å². The van der Waals surface area contributed by atoms with Crippen LogP contribution in [0.5, 0.6) is 0 Å². The highest BCUT2D eigenvalue weighted by atomic mass is 14.8. The van der Waals surface area contributed by atoms with Crippen LogP contribution in [0.25, 0.3) is 0 Å². The maximum absolute atomic E-state index is 3.37. The molecule has 0 heterocycles. The molecule has 0 aromatic rings. The summed E-state index contributed by atoms with van der Waals surface area (Å²) in [5.74, 6) is 3.78. The molecule has 1 saturated carbocycles. The Kier molecular flexibility index (Phi) is 5.66. The number of rotatable bonds is 5. The zero-order valence-corrected chi connectivity index (χ0v) is 11.1. The van der Waals surface area contributed by atoms with Gasteiger partial charge < -0.3 is 5.32 Å². The van der Waals surface area contributed by atoms with Crippen LogP contribution in [0, 0.1) is 23.7 Å². The molecule has 0 radical (unpaired) electrons. The lowest BCUT2D eigenvalue weighted by Gasteiger charge is -2.35. The van der Waals surface area contributed by atoms with Crippen molar-refractivity contribution < 1.29 is 0 Å². The van der Waals surface area contributed by atoms with Crippen molar-refractivity contribution in [3.05, 3.63) is 0 Å². The first-order chi connectivity index (χ1) is 7.13.